The monoisotopic (exact) mass is 225 g/mol. The van der Waals surface area contributed by atoms with Crippen LogP contribution in [-0.2, 0) is 9.53 Å². The Kier molecular flexibility index (Phi) is 4.90. The second-order valence-electron chi connectivity index (χ2n) is 2.97. The number of hydrogen-bond donors (Lipinski definition) is 1. The average molecular weight is 225 g/mol. The molecule has 1 aromatic rings. The van der Waals surface area contributed by atoms with Crippen LogP contribution in [-0.4, -0.2) is 19.6 Å². The minimum atomic E-state index is -0.246. The van der Waals surface area contributed by atoms with Gasteiger partial charge in [0, 0.05) is 23.2 Å². The maximum absolute atomic E-state index is 11.2. The van der Waals surface area contributed by atoms with E-state index in [2.05, 4.69) is 10.1 Å². The zero-order valence-corrected chi connectivity index (χ0v) is 9.76. The summed E-state index contributed by atoms with van der Waals surface area (Å²) in [4.78, 5) is 11.2. The molecule has 0 fully saturated rings. The van der Waals surface area contributed by atoms with Crippen molar-refractivity contribution >= 4 is 23.0 Å². The van der Waals surface area contributed by atoms with Gasteiger partial charge in [0.2, 0.25) is 0 Å². The molecule has 0 bridgehead atoms. The van der Waals surface area contributed by atoms with Gasteiger partial charge in [-0.2, -0.15) is 11.3 Å². The molecule has 0 aliphatic heterocycles. The topological polar surface area (TPSA) is 38.3 Å². The summed E-state index contributed by atoms with van der Waals surface area (Å²) in [6, 6.07) is 2.00. The summed E-state index contributed by atoms with van der Waals surface area (Å²) in [5, 5.41) is 7.23. The molecule has 0 aromatic carbocycles. The number of ether oxygens (including phenoxy) is 1. The summed E-state index contributed by atoms with van der Waals surface area (Å²) in [6.07, 6.45) is 2.56. The van der Waals surface area contributed by atoms with Crippen LogP contribution in [0.15, 0.2) is 28.5 Å². The Morgan fingerprint density at radius 1 is 1.67 bits per heavy atom. The smallest absolute Gasteiger partial charge is 0.333 e. The van der Waals surface area contributed by atoms with E-state index in [1.807, 2.05) is 29.8 Å². The van der Waals surface area contributed by atoms with E-state index in [1.54, 1.807) is 11.3 Å². The Hall–Kier alpha value is -1.29. The normalized spacial score (nSPS) is 11.2. The lowest BCUT2D eigenvalue weighted by Crippen LogP contribution is -2.06. The highest BCUT2D eigenvalue weighted by Crippen LogP contribution is 2.11. The average Bonchev–Trinajstić information content (AvgIpc) is 2.76. The predicted molar refractivity (Wildman–Crippen MR) is 63.2 cm³/mol. The van der Waals surface area contributed by atoms with Crippen LogP contribution in [0.3, 0.4) is 0 Å². The molecule has 1 N–H and O–H groups in total. The molecule has 0 aliphatic carbocycles. The van der Waals surface area contributed by atoms with Crippen molar-refractivity contribution in [3.05, 3.63) is 28.5 Å². The summed E-state index contributed by atoms with van der Waals surface area (Å²) in [5.41, 5.74) is 1.79. The van der Waals surface area contributed by atoms with Gasteiger partial charge in [-0.3, -0.25) is 0 Å². The van der Waals surface area contributed by atoms with E-state index in [0.717, 1.165) is 5.69 Å². The molecule has 0 aliphatic rings. The molecular formula is C11H15NO2S. The summed E-state index contributed by atoms with van der Waals surface area (Å²) >= 11 is 1.64. The first-order valence-corrected chi connectivity index (χ1v) is 5.75. The van der Waals surface area contributed by atoms with Crippen LogP contribution < -0.4 is 5.32 Å². The number of anilines is 1. The second kappa shape index (κ2) is 6.24. The van der Waals surface area contributed by atoms with E-state index in [0.29, 0.717) is 18.5 Å². The lowest BCUT2D eigenvalue weighted by Gasteiger charge is -2.03. The number of rotatable bonds is 5. The van der Waals surface area contributed by atoms with E-state index >= 15 is 0 Å². The first-order chi connectivity index (χ1) is 7.27. The quantitative estimate of drug-likeness (QED) is 0.618. The van der Waals surface area contributed by atoms with Gasteiger partial charge >= 0.3 is 5.97 Å². The van der Waals surface area contributed by atoms with Crippen LogP contribution >= 0.6 is 11.3 Å². The van der Waals surface area contributed by atoms with Crippen molar-refractivity contribution in [1.82, 2.24) is 0 Å². The van der Waals surface area contributed by atoms with E-state index < -0.39 is 0 Å². The minimum absolute atomic E-state index is 0.246. The molecule has 0 saturated carbocycles. The van der Waals surface area contributed by atoms with Crippen molar-refractivity contribution < 1.29 is 9.53 Å². The van der Waals surface area contributed by atoms with Gasteiger partial charge < -0.3 is 10.1 Å². The van der Waals surface area contributed by atoms with Crippen LogP contribution in [0.5, 0.6) is 0 Å². The Labute approximate surface area is 93.8 Å². The number of hydrogen-bond acceptors (Lipinski definition) is 4. The molecule has 0 spiro atoms. The predicted octanol–water partition coefficient (Wildman–Crippen LogP) is 2.67. The lowest BCUT2D eigenvalue weighted by molar-refractivity contribution is -0.136. The fraction of sp³-hybridized carbons (Fsp3) is 0.364. The Morgan fingerprint density at radius 2 is 2.47 bits per heavy atom. The van der Waals surface area contributed by atoms with Crippen molar-refractivity contribution in [3.8, 4) is 0 Å². The standard InChI is InChI=1S/C11H15NO2S/c1-3-9(11(13)14-2)4-6-12-10-5-7-15-8-10/h4-5,7-8,12H,3,6H2,1-2H3/b9-4-. The molecule has 0 atom stereocenters. The molecule has 1 heterocycles. The molecule has 1 aromatic heterocycles. The molecule has 0 unspecified atom stereocenters. The molecular weight excluding hydrogens is 210 g/mol. The number of thiophene rings is 1. The van der Waals surface area contributed by atoms with E-state index in [4.69, 9.17) is 0 Å². The highest BCUT2D eigenvalue weighted by Gasteiger charge is 2.05. The van der Waals surface area contributed by atoms with Gasteiger partial charge in [0.25, 0.3) is 0 Å². The van der Waals surface area contributed by atoms with Crippen molar-refractivity contribution in [2.24, 2.45) is 0 Å². The minimum Gasteiger partial charge on any atom is -0.466 e. The third-order valence-electron chi connectivity index (χ3n) is 2.00. The molecule has 0 radical (unpaired) electrons. The summed E-state index contributed by atoms with van der Waals surface area (Å²) in [5.74, 6) is -0.246. The van der Waals surface area contributed by atoms with E-state index in [-0.39, 0.29) is 5.97 Å². The lowest BCUT2D eigenvalue weighted by atomic mass is 10.2. The van der Waals surface area contributed by atoms with Gasteiger partial charge in [-0.1, -0.05) is 13.0 Å². The van der Waals surface area contributed by atoms with Gasteiger partial charge in [-0.05, 0) is 17.9 Å². The molecule has 4 heteroatoms. The Balaban J connectivity index is 2.44. The number of nitrogens with one attached hydrogen (secondary N) is 1. The van der Waals surface area contributed by atoms with Gasteiger partial charge in [0.15, 0.2) is 0 Å². The summed E-state index contributed by atoms with van der Waals surface area (Å²) in [7, 11) is 1.40. The van der Waals surface area contributed by atoms with Crippen LogP contribution in [0.25, 0.3) is 0 Å². The third-order valence-corrected chi connectivity index (χ3v) is 2.69. The third kappa shape index (κ3) is 3.75. The SMILES string of the molecule is CC/C(=C/CNc1ccsc1)C(=O)OC. The maximum atomic E-state index is 11.2. The van der Waals surface area contributed by atoms with Crippen LogP contribution in [0, 0.1) is 0 Å². The first-order valence-electron chi connectivity index (χ1n) is 4.81. The van der Waals surface area contributed by atoms with E-state index in [1.165, 1.54) is 7.11 Å². The van der Waals surface area contributed by atoms with Gasteiger partial charge in [0.05, 0.1) is 7.11 Å². The summed E-state index contributed by atoms with van der Waals surface area (Å²) in [6.45, 7) is 2.59. The number of carbonyl (C=O) groups is 1. The second-order valence-corrected chi connectivity index (χ2v) is 3.75. The zero-order chi connectivity index (χ0) is 11.1. The number of carbonyl (C=O) groups excluding carboxylic acids is 1. The Bertz CT molecular complexity index is 330. The fourth-order valence-electron chi connectivity index (χ4n) is 1.16. The zero-order valence-electron chi connectivity index (χ0n) is 8.95. The van der Waals surface area contributed by atoms with Crippen molar-refractivity contribution in [3.63, 3.8) is 0 Å². The van der Waals surface area contributed by atoms with Crippen molar-refractivity contribution in [2.75, 3.05) is 19.0 Å². The largest absolute Gasteiger partial charge is 0.466 e. The highest BCUT2D eigenvalue weighted by atomic mass is 32.1. The fourth-order valence-corrected chi connectivity index (χ4v) is 1.77. The molecule has 0 amide bonds. The first kappa shape index (κ1) is 11.8. The maximum Gasteiger partial charge on any atom is 0.333 e. The Morgan fingerprint density at radius 3 is 3.00 bits per heavy atom. The van der Waals surface area contributed by atoms with Gasteiger partial charge in [-0.25, -0.2) is 4.79 Å². The van der Waals surface area contributed by atoms with Crippen molar-refractivity contribution in [2.45, 2.75) is 13.3 Å². The molecule has 3 nitrogen and oxygen atoms in total. The van der Waals surface area contributed by atoms with Gasteiger partial charge in [0.1, 0.15) is 0 Å². The van der Waals surface area contributed by atoms with Crippen LogP contribution in [0.4, 0.5) is 5.69 Å². The highest BCUT2D eigenvalue weighted by molar-refractivity contribution is 7.08. The summed E-state index contributed by atoms with van der Waals surface area (Å²) < 4.78 is 4.66. The molecule has 1 rings (SSSR count). The number of esters is 1. The molecule has 0 saturated heterocycles. The van der Waals surface area contributed by atoms with E-state index in [9.17, 15) is 4.79 Å². The van der Waals surface area contributed by atoms with Crippen LogP contribution in [0.1, 0.15) is 13.3 Å². The molecule has 82 valence electrons. The van der Waals surface area contributed by atoms with Crippen LogP contribution in [0.2, 0.25) is 0 Å². The van der Waals surface area contributed by atoms with Crippen molar-refractivity contribution in [1.29, 1.82) is 0 Å². The molecule has 15 heavy (non-hydrogen) atoms. The number of methoxy groups -OCH3 is 1. The van der Waals surface area contributed by atoms with Gasteiger partial charge in [-0.15, -0.1) is 0 Å².